The Morgan fingerprint density at radius 1 is 1.21 bits per heavy atom. The maximum absolute atomic E-state index is 14.2. The van der Waals surface area contributed by atoms with Crippen molar-refractivity contribution in [2.75, 3.05) is 23.0 Å². The number of anilines is 1. The first kappa shape index (κ1) is 22.5. The molecule has 1 aromatic carbocycles. The second-order valence-corrected chi connectivity index (χ2v) is 10.6. The minimum Gasteiger partial charge on any atom is -0.345 e. The number of hydrogen-bond donors (Lipinski definition) is 0. The first-order valence-electron chi connectivity index (χ1n) is 11.8. The molecule has 1 aliphatic carbocycles. The van der Waals surface area contributed by atoms with Crippen molar-refractivity contribution in [3.63, 3.8) is 0 Å². The largest absolute Gasteiger partial charge is 0.345 e. The molecule has 0 amide bonds. The molecular formula is C27H31F2N3S. The Labute approximate surface area is 199 Å². The van der Waals surface area contributed by atoms with Crippen molar-refractivity contribution in [2.45, 2.75) is 46.0 Å². The molecule has 174 valence electrons. The molecule has 0 spiro atoms. The molecule has 0 bridgehead atoms. The standard InChI is InChI=1S/C27H31F2N3S/c1-17-11-18(2)25(13-22(17)19-6-9-33-10-7-19)32-8-4-5-20-12-23(21-15-30-31(3)16-21)24(27(28)29)14-26(20)32/h6,12-16,18,27H,4-5,7-11H2,1-3H3. The number of aromatic nitrogens is 2. The summed E-state index contributed by atoms with van der Waals surface area (Å²) in [6, 6.07) is 3.73. The van der Waals surface area contributed by atoms with E-state index in [1.165, 1.54) is 28.2 Å². The maximum atomic E-state index is 14.2. The van der Waals surface area contributed by atoms with Gasteiger partial charge < -0.3 is 4.90 Å². The number of allylic oxidation sites excluding steroid dienone is 5. The second kappa shape index (κ2) is 9.13. The molecule has 1 aromatic heterocycles. The van der Waals surface area contributed by atoms with Gasteiger partial charge in [0.15, 0.2) is 0 Å². The van der Waals surface area contributed by atoms with Gasteiger partial charge in [-0.25, -0.2) is 8.78 Å². The van der Waals surface area contributed by atoms with E-state index < -0.39 is 6.43 Å². The maximum Gasteiger partial charge on any atom is 0.264 e. The number of thioether (sulfide) groups is 1. The monoisotopic (exact) mass is 467 g/mol. The van der Waals surface area contributed by atoms with Crippen LogP contribution in [0.4, 0.5) is 14.5 Å². The Morgan fingerprint density at radius 3 is 2.76 bits per heavy atom. The van der Waals surface area contributed by atoms with Gasteiger partial charge in [0.25, 0.3) is 6.43 Å². The topological polar surface area (TPSA) is 21.1 Å². The van der Waals surface area contributed by atoms with Gasteiger partial charge in [-0.1, -0.05) is 18.6 Å². The summed E-state index contributed by atoms with van der Waals surface area (Å²) in [6.45, 7) is 5.39. The Kier molecular flexibility index (Phi) is 6.21. The lowest BCUT2D eigenvalue weighted by molar-refractivity contribution is 0.152. The van der Waals surface area contributed by atoms with Crippen LogP contribution in [0.5, 0.6) is 0 Å². The minimum absolute atomic E-state index is 0.0941. The van der Waals surface area contributed by atoms with Gasteiger partial charge in [-0.05, 0) is 78.8 Å². The highest BCUT2D eigenvalue weighted by Gasteiger charge is 2.30. The Bertz CT molecular complexity index is 1160. The number of nitrogens with zero attached hydrogens (tertiary/aromatic N) is 3. The number of aryl methyl sites for hydroxylation is 2. The van der Waals surface area contributed by atoms with E-state index >= 15 is 0 Å². The molecule has 5 rings (SSSR count). The summed E-state index contributed by atoms with van der Waals surface area (Å²) < 4.78 is 30.1. The first-order valence-corrected chi connectivity index (χ1v) is 13.0. The third-order valence-electron chi connectivity index (χ3n) is 7.11. The fourth-order valence-electron chi connectivity index (χ4n) is 5.48. The smallest absolute Gasteiger partial charge is 0.264 e. The second-order valence-electron chi connectivity index (χ2n) is 9.45. The summed E-state index contributed by atoms with van der Waals surface area (Å²) in [5.41, 5.74) is 9.09. The summed E-state index contributed by atoms with van der Waals surface area (Å²) in [5, 5.41) is 4.20. The zero-order valence-electron chi connectivity index (χ0n) is 19.6. The van der Waals surface area contributed by atoms with Crippen molar-refractivity contribution in [3.8, 4) is 11.1 Å². The molecule has 0 saturated carbocycles. The van der Waals surface area contributed by atoms with E-state index in [0.29, 0.717) is 11.5 Å². The summed E-state index contributed by atoms with van der Waals surface area (Å²) in [6.07, 6.45) is 9.75. The van der Waals surface area contributed by atoms with Crippen molar-refractivity contribution >= 4 is 17.4 Å². The van der Waals surface area contributed by atoms with Crippen LogP contribution in [0.1, 0.15) is 50.7 Å². The van der Waals surface area contributed by atoms with Gasteiger partial charge >= 0.3 is 0 Å². The van der Waals surface area contributed by atoms with Crippen LogP contribution in [0.3, 0.4) is 0 Å². The molecule has 0 saturated heterocycles. The van der Waals surface area contributed by atoms with Crippen LogP contribution in [0.15, 0.2) is 59.1 Å². The van der Waals surface area contributed by atoms with E-state index in [1.807, 2.05) is 31.1 Å². The first-order chi connectivity index (χ1) is 15.9. The highest BCUT2D eigenvalue weighted by atomic mass is 32.2. The van der Waals surface area contributed by atoms with E-state index in [9.17, 15) is 8.78 Å². The van der Waals surface area contributed by atoms with Crippen molar-refractivity contribution in [2.24, 2.45) is 13.0 Å². The molecule has 1 atom stereocenters. The van der Waals surface area contributed by atoms with Gasteiger partial charge in [0, 0.05) is 54.0 Å². The highest BCUT2D eigenvalue weighted by molar-refractivity contribution is 7.99. The van der Waals surface area contributed by atoms with Crippen LogP contribution >= 0.6 is 11.8 Å². The van der Waals surface area contributed by atoms with Crippen molar-refractivity contribution in [1.29, 1.82) is 0 Å². The van der Waals surface area contributed by atoms with Crippen LogP contribution in [0, 0.1) is 5.92 Å². The molecule has 6 heteroatoms. The van der Waals surface area contributed by atoms with E-state index in [-0.39, 0.29) is 5.56 Å². The van der Waals surface area contributed by atoms with Gasteiger partial charge in [0.05, 0.1) is 6.20 Å². The number of fused-ring (bicyclic) bond motifs is 1. The van der Waals surface area contributed by atoms with Crippen LogP contribution < -0.4 is 4.90 Å². The van der Waals surface area contributed by atoms with Gasteiger partial charge in [-0.3, -0.25) is 4.68 Å². The molecule has 0 N–H and O–H groups in total. The molecule has 33 heavy (non-hydrogen) atoms. The van der Waals surface area contributed by atoms with Crippen LogP contribution in [-0.2, 0) is 13.5 Å². The lowest BCUT2D eigenvalue weighted by Gasteiger charge is -2.39. The summed E-state index contributed by atoms with van der Waals surface area (Å²) >= 11 is 1.98. The van der Waals surface area contributed by atoms with Gasteiger partial charge in [-0.15, -0.1) is 0 Å². The van der Waals surface area contributed by atoms with Crippen LogP contribution in [0.25, 0.3) is 11.1 Å². The molecule has 3 nitrogen and oxygen atoms in total. The number of hydrogen-bond acceptors (Lipinski definition) is 3. The van der Waals surface area contributed by atoms with Gasteiger partial charge in [-0.2, -0.15) is 16.9 Å². The molecular weight excluding hydrogens is 436 g/mol. The van der Waals surface area contributed by atoms with E-state index in [4.69, 9.17) is 0 Å². The number of benzene rings is 1. The summed E-state index contributed by atoms with van der Waals surface area (Å²) in [4.78, 5) is 2.33. The van der Waals surface area contributed by atoms with E-state index in [2.05, 4.69) is 36.0 Å². The quantitative estimate of drug-likeness (QED) is 0.479. The minimum atomic E-state index is -2.53. The average molecular weight is 468 g/mol. The molecule has 2 aliphatic heterocycles. The predicted molar refractivity (Wildman–Crippen MR) is 134 cm³/mol. The third-order valence-corrected chi connectivity index (χ3v) is 8.01. The zero-order valence-corrected chi connectivity index (χ0v) is 20.4. The van der Waals surface area contributed by atoms with Crippen molar-refractivity contribution in [3.05, 3.63) is 70.2 Å². The number of alkyl halides is 2. The van der Waals surface area contributed by atoms with E-state index in [0.717, 1.165) is 54.8 Å². The van der Waals surface area contributed by atoms with Crippen LogP contribution in [-0.4, -0.2) is 27.8 Å². The van der Waals surface area contributed by atoms with Gasteiger partial charge in [0.1, 0.15) is 0 Å². The third kappa shape index (κ3) is 4.30. The Morgan fingerprint density at radius 2 is 2.06 bits per heavy atom. The predicted octanol–water partition coefficient (Wildman–Crippen LogP) is 7.08. The molecule has 3 aliphatic rings. The lowest BCUT2D eigenvalue weighted by Crippen LogP contribution is -2.33. The normalized spacial score (nSPS) is 21.3. The summed E-state index contributed by atoms with van der Waals surface area (Å²) in [7, 11) is 1.82. The molecule has 0 fully saturated rings. The van der Waals surface area contributed by atoms with Crippen molar-refractivity contribution < 1.29 is 8.78 Å². The van der Waals surface area contributed by atoms with E-state index in [1.54, 1.807) is 16.9 Å². The summed E-state index contributed by atoms with van der Waals surface area (Å²) in [5.74, 6) is 2.61. The van der Waals surface area contributed by atoms with Crippen LogP contribution in [0.2, 0.25) is 0 Å². The molecule has 3 heterocycles. The van der Waals surface area contributed by atoms with Gasteiger partial charge in [0.2, 0.25) is 0 Å². The zero-order chi connectivity index (χ0) is 23.1. The average Bonchev–Trinajstić information content (AvgIpc) is 3.24. The number of halogens is 2. The Hall–Kier alpha value is -2.34. The Balaban J connectivity index is 1.59. The fourth-order valence-corrected chi connectivity index (χ4v) is 6.33. The number of rotatable bonds is 4. The molecule has 2 aromatic rings. The lowest BCUT2D eigenvalue weighted by atomic mass is 9.83. The SMILES string of the molecule is CC1=C(C2=CCSCC2)C=C(N2CCCc3cc(-c4cnn(C)c4)c(C(F)F)cc32)C(C)C1. The van der Waals surface area contributed by atoms with Crippen molar-refractivity contribution in [1.82, 2.24) is 9.78 Å². The fraction of sp³-hybridized carbons (Fsp3) is 0.444. The molecule has 1 unspecified atom stereocenters. The molecule has 0 radical (unpaired) electrons. The highest BCUT2D eigenvalue weighted by Crippen LogP contribution is 2.43.